The molecule has 2 aliphatic heterocycles. The average molecular weight is 346 g/mol. The highest BCUT2D eigenvalue weighted by Gasteiger charge is 2.28. The zero-order valence-corrected chi connectivity index (χ0v) is 14.1. The van der Waals surface area contributed by atoms with E-state index in [1.54, 1.807) is 0 Å². The quantitative estimate of drug-likeness (QED) is 0.880. The Morgan fingerprint density at radius 2 is 1.92 bits per heavy atom. The lowest BCUT2D eigenvalue weighted by Crippen LogP contribution is -2.36. The Bertz CT molecular complexity index is 735. The number of carbonyl (C=O) groups excluding carboxylic acids is 1. The molecule has 24 heavy (non-hydrogen) atoms. The van der Waals surface area contributed by atoms with Crippen molar-refractivity contribution in [3.63, 3.8) is 0 Å². The Labute approximate surface area is 145 Å². The van der Waals surface area contributed by atoms with Gasteiger partial charge in [0, 0.05) is 30.6 Å². The van der Waals surface area contributed by atoms with Gasteiger partial charge in [-0.3, -0.25) is 4.79 Å². The average Bonchev–Trinajstić information content (AvgIpc) is 2.99. The van der Waals surface area contributed by atoms with Crippen molar-refractivity contribution in [2.45, 2.75) is 12.3 Å². The van der Waals surface area contributed by atoms with Gasteiger partial charge in [0.2, 0.25) is 0 Å². The molecule has 6 heteroatoms. The molecule has 5 nitrogen and oxygen atoms in total. The van der Waals surface area contributed by atoms with Crippen LogP contribution in [0.1, 0.15) is 34.0 Å². The van der Waals surface area contributed by atoms with E-state index in [1.165, 1.54) is 5.56 Å². The fourth-order valence-corrected chi connectivity index (χ4v) is 3.63. The Hall–Kier alpha value is -1.98. The predicted octanol–water partition coefficient (Wildman–Crippen LogP) is 2.77. The van der Waals surface area contributed by atoms with Gasteiger partial charge in [-0.2, -0.15) is 0 Å². The molecule has 1 saturated heterocycles. The van der Waals surface area contributed by atoms with E-state index in [0.717, 1.165) is 49.1 Å². The number of anilines is 1. The van der Waals surface area contributed by atoms with Crippen molar-refractivity contribution in [1.82, 2.24) is 10.3 Å². The zero-order valence-electron chi connectivity index (χ0n) is 13.3. The van der Waals surface area contributed by atoms with Crippen LogP contribution in [0.15, 0.2) is 30.3 Å². The minimum absolute atomic E-state index is 0.0269. The van der Waals surface area contributed by atoms with Crippen LogP contribution in [0.5, 0.6) is 0 Å². The van der Waals surface area contributed by atoms with Crippen molar-refractivity contribution in [3.8, 4) is 0 Å². The molecular formula is C18H20ClN3O2. The lowest BCUT2D eigenvalue weighted by Gasteiger charge is -2.27. The summed E-state index contributed by atoms with van der Waals surface area (Å²) >= 11 is 6.02. The van der Waals surface area contributed by atoms with Crippen LogP contribution in [-0.2, 0) is 4.74 Å². The Balaban J connectivity index is 1.73. The van der Waals surface area contributed by atoms with E-state index in [2.05, 4.69) is 21.3 Å². The molecule has 3 heterocycles. The summed E-state index contributed by atoms with van der Waals surface area (Å²) in [6, 6.07) is 10.0. The van der Waals surface area contributed by atoms with Gasteiger partial charge in [-0.05, 0) is 35.7 Å². The zero-order chi connectivity index (χ0) is 16.5. The predicted molar refractivity (Wildman–Crippen MR) is 94.1 cm³/mol. The molecule has 126 valence electrons. The highest BCUT2D eigenvalue weighted by Crippen LogP contribution is 2.35. The summed E-state index contributed by atoms with van der Waals surface area (Å²) in [5.41, 5.74) is 2.92. The molecule has 2 aliphatic rings. The maximum Gasteiger partial charge on any atom is 0.268 e. The van der Waals surface area contributed by atoms with Gasteiger partial charge >= 0.3 is 0 Å². The van der Waals surface area contributed by atoms with Gasteiger partial charge in [0.25, 0.3) is 5.91 Å². The summed E-state index contributed by atoms with van der Waals surface area (Å²) in [6.45, 7) is 3.79. The van der Waals surface area contributed by atoms with Gasteiger partial charge < -0.3 is 19.9 Å². The van der Waals surface area contributed by atoms with Gasteiger partial charge in [-0.15, -0.1) is 0 Å². The molecule has 0 bridgehead atoms. The van der Waals surface area contributed by atoms with Crippen LogP contribution in [0.4, 0.5) is 5.82 Å². The van der Waals surface area contributed by atoms with Crippen LogP contribution in [-0.4, -0.2) is 43.7 Å². The Morgan fingerprint density at radius 1 is 1.17 bits per heavy atom. The number of rotatable bonds is 2. The molecule has 1 aromatic heterocycles. The number of hydrogen-bond donors (Lipinski definition) is 2. The lowest BCUT2D eigenvalue weighted by atomic mass is 9.89. The molecule has 1 unspecified atom stereocenters. The Kier molecular flexibility index (Phi) is 4.21. The van der Waals surface area contributed by atoms with Gasteiger partial charge in [-0.25, -0.2) is 0 Å². The molecule has 1 fully saturated rings. The van der Waals surface area contributed by atoms with Crippen molar-refractivity contribution in [2.75, 3.05) is 37.7 Å². The van der Waals surface area contributed by atoms with Gasteiger partial charge in [0.1, 0.15) is 11.5 Å². The number of halogens is 1. The first kappa shape index (κ1) is 15.5. The first-order valence-corrected chi connectivity index (χ1v) is 8.69. The monoisotopic (exact) mass is 345 g/mol. The molecular weight excluding hydrogens is 326 g/mol. The Morgan fingerprint density at radius 3 is 2.67 bits per heavy atom. The molecule has 0 spiro atoms. The first-order valence-electron chi connectivity index (χ1n) is 8.31. The third-order valence-corrected chi connectivity index (χ3v) is 5.03. The van der Waals surface area contributed by atoms with Crippen molar-refractivity contribution in [3.05, 3.63) is 52.2 Å². The number of hydrogen-bond acceptors (Lipinski definition) is 3. The number of H-pyrrole nitrogens is 1. The number of amides is 1. The number of aromatic nitrogens is 1. The van der Waals surface area contributed by atoms with E-state index >= 15 is 0 Å². The largest absolute Gasteiger partial charge is 0.378 e. The molecule has 2 N–H and O–H groups in total. The second-order valence-electron chi connectivity index (χ2n) is 6.23. The van der Waals surface area contributed by atoms with E-state index in [9.17, 15) is 4.79 Å². The van der Waals surface area contributed by atoms with Crippen molar-refractivity contribution in [1.29, 1.82) is 0 Å². The van der Waals surface area contributed by atoms with Crippen molar-refractivity contribution >= 4 is 23.3 Å². The molecule has 2 aromatic rings. The van der Waals surface area contributed by atoms with E-state index < -0.39 is 0 Å². The third-order valence-electron chi connectivity index (χ3n) is 4.78. The topological polar surface area (TPSA) is 57.4 Å². The number of nitrogens with zero attached hydrogens (tertiary/aromatic N) is 1. The third kappa shape index (κ3) is 2.89. The number of ether oxygens (including phenoxy) is 1. The van der Waals surface area contributed by atoms with Gasteiger partial charge in [0.05, 0.1) is 13.2 Å². The van der Waals surface area contributed by atoms with E-state index in [4.69, 9.17) is 16.3 Å². The minimum atomic E-state index is -0.0269. The summed E-state index contributed by atoms with van der Waals surface area (Å²) in [6.07, 6.45) is 0.876. The summed E-state index contributed by atoms with van der Waals surface area (Å²) < 4.78 is 5.42. The van der Waals surface area contributed by atoms with Crippen molar-refractivity contribution < 1.29 is 9.53 Å². The number of fused-ring (bicyclic) bond motifs is 1. The van der Waals surface area contributed by atoms with E-state index in [-0.39, 0.29) is 11.8 Å². The fraction of sp³-hybridized carbons (Fsp3) is 0.389. The summed E-state index contributed by atoms with van der Waals surface area (Å²) in [5, 5.41) is 3.72. The number of benzene rings is 1. The second-order valence-corrected chi connectivity index (χ2v) is 6.67. The smallest absolute Gasteiger partial charge is 0.268 e. The number of aromatic amines is 1. The van der Waals surface area contributed by atoms with Crippen LogP contribution in [0.25, 0.3) is 0 Å². The maximum atomic E-state index is 12.4. The van der Waals surface area contributed by atoms with Crippen LogP contribution in [0.2, 0.25) is 5.02 Å². The van der Waals surface area contributed by atoms with Crippen LogP contribution in [0, 0.1) is 0 Å². The highest BCUT2D eigenvalue weighted by molar-refractivity contribution is 6.30. The lowest BCUT2D eigenvalue weighted by molar-refractivity contribution is 0.0951. The van der Waals surface area contributed by atoms with Gasteiger partial charge in [-0.1, -0.05) is 23.7 Å². The van der Waals surface area contributed by atoms with E-state index in [1.807, 2.05) is 24.3 Å². The van der Waals surface area contributed by atoms with E-state index in [0.29, 0.717) is 12.2 Å². The number of carbonyl (C=O) groups is 1. The number of nitrogens with one attached hydrogen (secondary N) is 2. The van der Waals surface area contributed by atoms with Crippen LogP contribution in [0.3, 0.4) is 0 Å². The summed E-state index contributed by atoms with van der Waals surface area (Å²) in [7, 11) is 0. The van der Waals surface area contributed by atoms with Crippen LogP contribution >= 0.6 is 11.6 Å². The number of morpholine rings is 1. The summed E-state index contributed by atoms with van der Waals surface area (Å²) in [4.78, 5) is 18.0. The standard InChI is InChI=1S/C18H20ClN3O2/c19-13-3-1-12(2-4-13)14-5-6-20-18(23)17-15(14)11-16(21-17)22-7-9-24-10-8-22/h1-4,11,14,21H,5-10H2,(H,20,23). The normalized spacial score (nSPS) is 21.1. The molecule has 0 saturated carbocycles. The second kappa shape index (κ2) is 6.49. The molecule has 1 amide bonds. The molecule has 1 aromatic carbocycles. The molecule has 0 aliphatic carbocycles. The van der Waals surface area contributed by atoms with Crippen LogP contribution < -0.4 is 10.2 Å². The molecule has 0 radical (unpaired) electrons. The summed E-state index contributed by atoms with van der Waals surface area (Å²) in [5.74, 6) is 1.16. The first-order chi connectivity index (χ1) is 11.7. The fourth-order valence-electron chi connectivity index (χ4n) is 3.51. The minimum Gasteiger partial charge on any atom is -0.378 e. The van der Waals surface area contributed by atoms with Crippen molar-refractivity contribution in [2.24, 2.45) is 0 Å². The highest BCUT2D eigenvalue weighted by atomic mass is 35.5. The maximum absolute atomic E-state index is 12.4. The SMILES string of the molecule is O=C1NCCC(c2ccc(Cl)cc2)c2cc(N3CCOCC3)[nH]c21. The molecule has 1 atom stereocenters. The van der Waals surface area contributed by atoms with Gasteiger partial charge in [0.15, 0.2) is 0 Å². The molecule has 4 rings (SSSR count).